The van der Waals surface area contributed by atoms with Gasteiger partial charge in [-0.15, -0.1) is 10.2 Å². The lowest BCUT2D eigenvalue weighted by atomic mass is 10.1. The molecule has 7 heteroatoms. The van der Waals surface area contributed by atoms with Crippen molar-refractivity contribution in [1.29, 1.82) is 0 Å². The van der Waals surface area contributed by atoms with Crippen molar-refractivity contribution in [3.8, 4) is 0 Å². The summed E-state index contributed by atoms with van der Waals surface area (Å²) in [5.74, 6) is 0.818. The quantitative estimate of drug-likeness (QED) is 0.781. The van der Waals surface area contributed by atoms with Gasteiger partial charge < -0.3 is 5.73 Å². The Morgan fingerprint density at radius 2 is 2.29 bits per heavy atom. The molecule has 0 saturated carbocycles. The summed E-state index contributed by atoms with van der Waals surface area (Å²) in [7, 11) is 0. The molecule has 1 aliphatic rings. The molecule has 0 aliphatic heterocycles. The van der Waals surface area contributed by atoms with Crippen molar-refractivity contribution in [2.24, 2.45) is 5.73 Å². The first-order valence-corrected chi connectivity index (χ1v) is 5.79. The van der Waals surface area contributed by atoms with Crippen LogP contribution in [0.1, 0.15) is 17.1 Å². The van der Waals surface area contributed by atoms with E-state index in [0.717, 1.165) is 17.1 Å². The van der Waals surface area contributed by atoms with E-state index < -0.39 is 5.91 Å². The molecule has 0 bridgehead atoms. The molecule has 0 atom stereocenters. The Kier molecular flexibility index (Phi) is 2.06. The van der Waals surface area contributed by atoms with E-state index in [1.54, 1.807) is 6.08 Å². The Balaban J connectivity index is 2.40. The van der Waals surface area contributed by atoms with Gasteiger partial charge in [-0.1, -0.05) is 6.08 Å². The zero-order valence-corrected chi connectivity index (χ0v) is 10.5. The number of fused-ring (bicyclic) bond motifs is 3. The maximum atomic E-state index is 11.3. The second-order valence-corrected chi connectivity index (χ2v) is 4.54. The van der Waals surface area contributed by atoms with Crippen LogP contribution in [0.4, 0.5) is 0 Å². The summed E-state index contributed by atoms with van der Waals surface area (Å²) in [4.78, 5) is 15.6. The van der Waals surface area contributed by atoms with Crippen LogP contribution in [-0.2, 0) is 11.2 Å². The van der Waals surface area contributed by atoms with E-state index in [1.807, 2.05) is 11.3 Å². The van der Waals surface area contributed by atoms with Crippen LogP contribution in [0.25, 0.3) is 11.4 Å². The summed E-state index contributed by atoms with van der Waals surface area (Å²) in [6.07, 6.45) is 2.43. The third kappa shape index (κ3) is 1.32. The van der Waals surface area contributed by atoms with Crippen LogP contribution in [0.3, 0.4) is 0 Å². The fourth-order valence-corrected chi connectivity index (χ4v) is 2.70. The van der Waals surface area contributed by atoms with Crippen molar-refractivity contribution in [1.82, 2.24) is 19.6 Å². The summed E-state index contributed by atoms with van der Waals surface area (Å²) in [5.41, 5.74) is 7.52. The number of halogens is 1. The number of nitrogens with zero attached hydrogens (tertiary/aromatic N) is 4. The molecular formula is C10H8BrN5O. The number of hydrogen-bond acceptors (Lipinski definition) is 4. The fourth-order valence-electron chi connectivity index (χ4n) is 2.10. The molecule has 2 aromatic heterocycles. The van der Waals surface area contributed by atoms with Gasteiger partial charge in [-0.25, -0.2) is 4.98 Å². The minimum atomic E-state index is -0.448. The number of carbonyl (C=O) groups excluding carboxylic acids is 1. The molecule has 1 amide bonds. The van der Waals surface area contributed by atoms with Crippen LogP contribution in [0.15, 0.2) is 10.7 Å². The molecule has 1 aliphatic carbocycles. The smallest absolute Gasteiger partial charge is 0.256 e. The lowest BCUT2D eigenvalue weighted by molar-refractivity contribution is -0.112. The summed E-state index contributed by atoms with van der Waals surface area (Å²) < 4.78 is 2.42. The zero-order valence-electron chi connectivity index (χ0n) is 8.94. The highest BCUT2D eigenvalue weighted by atomic mass is 79.9. The molecule has 2 heterocycles. The third-order valence-electron chi connectivity index (χ3n) is 2.81. The van der Waals surface area contributed by atoms with E-state index in [0.29, 0.717) is 22.4 Å². The van der Waals surface area contributed by atoms with Crippen LogP contribution < -0.4 is 5.73 Å². The Morgan fingerprint density at radius 1 is 1.53 bits per heavy atom. The van der Waals surface area contributed by atoms with E-state index in [-0.39, 0.29) is 0 Å². The minimum absolute atomic E-state index is 0.448. The Bertz CT molecular complexity index is 688. The van der Waals surface area contributed by atoms with E-state index in [9.17, 15) is 4.79 Å². The normalized spacial score (nSPS) is 13.9. The fraction of sp³-hybridized carbons (Fsp3) is 0.200. The van der Waals surface area contributed by atoms with Crippen LogP contribution in [0.2, 0.25) is 0 Å². The number of rotatable bonds is 1. The summed E-state index contributed by atoms with van der Waals surface area (Å²) in [6, 6.07) is 0. The van der Waals surface area contributed by atoms with E-state index >= 15 is 0 Å². The number of allylic oxidation sites excluding steroid dienone is 1. The number of nitrogens with two attached hydrogens (primary N) is 1. The third-order valence-corrected chi connectivity index (χ3v) is 3.38. The maximum Gasteiger partial charge on any atom is 0.256 e. The van der Waals surface area contributed by atoms with Crippen LogP contribution >= 0.6 is 15.9 Å². The molecule has 3 rings (SSSR count). The zero-order chi connectivity index (χ0) is 12.2. The van der Waals surface area contributed by atoms with Gasteiger partial charge in [-0.2, -0.15) is 0 Å². The van der Waals surface area contributed by atoms with Crippen LogP contribution in [-0.4, -0.2) is 25.5 Å². The van der Waals surface area contributed by atoms with Gasteiger partial charge in [0.2, 0.25) is 5.91 Å². The maximum absolute atomic E-state index is 11.3. The predicted octanol–water partition coefficient (Wildman–Crippen LogP) is 0.620. The van der Waals surface area contributed by atoms with Gasteiger partial charge in [0.15, 0.2) is 0 Å². The Morgan fingerprint density at radius 3 is 3.00 bits per heavy atom. The standard InChI is InChI=1S/C10H8BrN5O/c1-4-14-15-10-13-8(11)7-5(9(12)17)2-3-6(7)16(4)10/h2H,3H2,1H3,(H2,12,17). The highest BCUT2D eigenvalue weighted by Gasteiger charge is 2.25. The number of amides is 1. The van der Waals surface area contributed by atoms with Crippen molar-refractivity contribution in [3.63, 3.8) is 0 Å². The predicted molar refractivity (Wildman–Crippen MR) is 64.1 cm³/mol. The van der Waals surface area contributed by atoms with Crippen LogP contribution in [0, 0.1) is 6.92 Å². The van der Waals surface area contributed by atoms with Gasteiger partial charge >= 0.3 is 0 Å². The van der Waals surface area contributed by atoms with Crippen molar-refractivity contribution < 1.29 is 4.79 Å². The monoisotopic (exact) mass is 293 g/mol. The molecule has 2 aromatic rings. The van der Waals surface area contributed by atoms with Crippen molar-refractivity contribution >= 4 is 33.2 Å². The molecule has 17 heavy (non-hydrogen) atoms. The van der Waals surface area contributed by atoms with Crippen molar-refractivity contribution in [2.75, 3.05) is 0 Å². The molecule has 86 valence electrons. The largest absolute Gasteiger partial charge is 0.366 e. The SMILES string of the molecule is Cc1nnc2nc(Br)c3c(n12)CC=C3C(N)=O. The Labute approximate surface area is 105 Å². The van der Waals surface area contributed by atoms with Crippen molar-refractivity contribution in [3.05, 3.63) is 27.8 Å². The molecule has 0 fully saturated rings. The molecule has 6 nitrogen and oxygen atoms in total. The second kappa shape index (κ2) is 3.36. The first-order valence-electron chi connectivity index (χ1n) is 5.00. The van der Waals surface area contributed by atoms with Gasteiger partial charge in [0.05, 0.1) is 0 Å². The molecule has 0 spiro atoms. The van der Waals surface area contributed by atoms with Gasteiger partial charge in [0, 0.05) is 23.3 Å². The lowest BCUT2D eigenvalue weighted by Gasteiger charge is -2.07. The van der Waals surface area contributed by atoms with Crippen molar-refractivity contribution in [2.45, 2.75) is 13.3 Å². The second-order valence-electron chi connectivity index (χ2n) is 3.79. The highest BCUT2D eigenvalue weighted by molar-refractivity contribution is 9.10. The van der Waals surface area contributed by atoms with E-state index in [4.69, 9.17) is 5.73 Å². The molecule has 0 radical (unpaired) electrons. The average Bonchev–Trinajstić information content (AvgIpc) is 2.82. The summed E-state index contributed by atoms with van der Waals surface area (Å²) >= 11 is 3.35. The summed E-state index contributed by atoms with van der Waals surface area (Å²) in [5, 5.41) is 7.93. The van der Waals surface area contributed by atoms with Gasteiger partial charge in [-0.05, 0) is 22.9 Å². The first kappa shape index (κ1) is 10.4. The number of hydrogen-bond donors (Lipinski definition) is 1. The topological polar surface area (TPSA) is 86.2 Å². The van der Waals surface area contributed by atoms with Gasteiger partial charge in [0.25, 0.3) is 5.78 Å². The lowest BCUT2D eigenvalue weighted by Crippen LogP contribution is -2.13. The number of aromatic nitrogens is 4. The van der Waals surface area contributed by atoms with Crippen LogP contribution in [0.5, 0.6) is 0 Å². The number of primary amides is 1. The highest BCUT2D eigenvalue weighted by Crippen LogP contribution is 2.33. The molecule has 2 N–H and O–H groups in total. The molecule has 0 unspecified atom stereocenters. The number of aryl methyl sites for hydroxylation is 1. The minimum Gasteiger partial charge on any atom is -0.366 e. The first-order chi connectivity index (χ1) is 8.09. The number of carbonyl (C=O) groups is 1. The Hall–Kier alpha value is -1.76. The van der Waals surface area contributed by atoms with Gasteiger partial charge in [0.1, 0.15) is 10.4 Å². The molecule has 0 aromatic carbocycles. The average molecular weight is 294 g/mol. The summed E-state index contributed by atoms with van der Waals surface area (Å²) in [6.45, 7) is 1.85. The van der Waals surface area contributed by atoms with E-state index in [1.165, 1.54) is 0 Å². The molecule has 0 saturated heterocycles. The van der Waals surface area contributed by atoms with E-state index in [2.05, 4.69) is 31.1 Å². The van der Waals surface area contributed by atoms with Gasteiger partial charge in [-0.3, -0.25) is 9.20 Å². The molecular weight excluding hydrogens is 286 g/mol.